The fraction of sp³-hybridized carbons (Fsp3) is 0.929. The van der Waals surface area contributed by atoms with Crippen LogP contribution in [-0.2, 0) is 9.53 Å². The Labute approximate surface area is 110 Å². The average molecular weight is 254 g/mol. The van der Waals surface area contributed by atoms with Gasteiger partial charge < -0.3 is 15.8 Å². The van der Waals surface area contributed by atoms with Gasteiger partial charge in [-0.15, -0.1) is 0 Å². The number of carbonyl (C=O) groups is 1. The van der Waals surface area contributed by atoms with Crippen molar-refractivity contribution in [2.75, 3.05) is 13.2 Å². The Morgan fingerprint density at radius 1 is 1.39 bits per heavy atom. The predicted octanol–water partition coefficient (Wildman–Crippen LogP) is 1.44. The largest absolute Gasteiger partial charge is 0.377 e. The lowest BCUT2D eigenvalue weighted by molar-refractivity contribution is -0.126. The lowest BCUT2D eigenvalue weighted by atomic mass is 9.86. The van der Waals surface area contributed by atoms with Crippen LogP contribution in [0.3, 0.4) is 0 Å². The topological polar surface area (TPSA) is 64.3 Å². The maximum Gasteiger partial charge on any atom is 0.225 e. The van der Waals surface area contributed by atoms with Crippen molar-refractivity contribution in [2.24, 2.45) is 17.6 Å². The molecule has 0 aromatic carbocycles. The van der Waals surface area contributed by atoms with Gasteiger partial charge in [0.15, 0.2) is 0 Å². The molecule has 104 valence electrons. The minimum absolute atomic E-state index is 0.0623. The van der Waals surface area contributed by atoms with E-state index in [9.17, 15) is 4.79 Å². The second kappa shape index (κ2) is 6.53. The SMILES string of the molecule is CCC1OCCC1C(=O)NCC1CCCC(N)C1. The number of nitrogens with one attached hydrogen (secondary N) is 1. The molecule has 1 saturated heterocycles. The van der Waals surface area contributed by atoms with Crippen molar-refractivity contribution in [2.45, 2.75) is 57.6 Å². The highest BCUT2D eigenvalue weighted by Crippen LogP contribution is 2.25. The second-order valence-electron chi connectivity index (χ2n) is 5.75. The standard InChI is InChI=1S/C14H26N2O2/c1-2-13-12(6-7-18-13)14(17)16-9-10-4-3-5-11(15)8-10/h10-13H,2-9,15H2,1H3,(H,16,17). The Morgan fingerprint density at radius 3 is 2.94 bits per heavy atom. The smallest absolute Gasteiger partial charge is 0.225 e. The summed E-state index contributed by atoms with van der Waals surface area (Å²) in [6.45, 7) is 3.60. The predicted molar refractivity (Wildman–Crippen MR) is 71.1 cm³/mol. The van der Waals surface area contributed by atoms with E-state index in [1.165, 1.54) is 12.8 Å². The summed E-state index contributed by atoms with van der Waals surface area (Å²) in [5, 5.41) is 3.10. The number of carbonyl (C=O) groups excluding carboxylic acids is 1. The molecule has 0 spiro atoms. The van der Waals surface area contributed by atoms with E-state index < -0.39 is 0 Å². The monoisotopic (exact) mass is 254 g/mol. The van der Waals surface area contributed by atoms with E-state index in [0.29, 0.717) is 12.0 Å². The number of rotatable bonds is 4. The number of nitrogens with two attached hydrogens (primary N) is 1. The maximum absolute atomic E-state index is 12.1. The summed E-state index contributed by atoms with van der Waals surface area (Å²) >= 11 is 0. The molecule has 2 rings (SSSR count). The number of ether oxygens (including phenoxy) is 1. The van der Waals surface area contributed by atoms with Crippen LogP contribution in [0.5, 0.6) is 0 Å². The first kappa shape index (κ1) is 13.8. The molecule has 4 unspecified atom stereocenters. The Kier molecular flexibility index (Phi) is 5.01. The molecule has 0 aromatic rings. The number of hydrogen-bond acceptors (Lipinski definition) is 3. The normalized spacial score (nSPS) is 36.6. The number of amides is 1. The molecule has 1 aliphatic heterocycles. The molecule has 1 amide bonds. The van der Waals surface area contributed by atoms with Gasteiger partial charge in [0.2, 0.25) is 5.91 Å². The van der Waals surface area contributed by atoms with Crippen molar-refractivity contribution in [3.8, 4) is 0 Å². The van der Waals surface area contributed by atoms with Gasteiger partial charge in [0, 0.05) is 19.2 Å². The van der Waals surface area contributed by atoms with Crippen LogP contribution in [0.15, 0.2) is 0 Å². The molecule has 18 heavy (non-hydrogen) atoms. The maximum atomic E-state index is 12.1. The lowest BCUT2D eigenvalue weighted by Crippen LogP contribution is -2.40. The van der Waals surface area contributed by atoms with E-state index in [2.05, 4.69) is 12.2 Å². The van der Waals surface area contributed by atoms with Crippen molar-refractivity contribution in [1.82, 2.24) is 5.32 Å². The van der Waals surface area contributed by atoms with Crippen LogP contribution >= 0.6 is 0 Å². The van der Waals surface area contributed by atoms with Gasteiger partial charge in [-0.05, 0) is 38.0 Å². The molecule has 0 bridgehead atoms. The summed E-state index contributed by atoms with van der Waals surface area (Å²) in [6.07, 6.45) is 6.51. The van der Waals surface area contributed by atoms with E-state index in [4.69, 9.17) is 10.5 Å². The Bertz CT molecular complexity index is 283. The molecule has 2 aliphatic rings. The highest BCUT2D eigenvalue weighted by Gasteiger charge is 2.33. The highest BCUT2D eigenvalue weighted by atomic mass is 16.5. The van der Waals surface area contributed by atoms with Crippen LogP contribution in [-0.4, -0.2) is 31.2 Å². The quantitative estimate of drug-likeness (QED) is 0.798. The highest BCUT2D eigenvalue weighted by molar-refractivity contribution is 5.79. The molecule has 4 atom stereocenters. The van der Waals surface area contributed by atoms with Crippen molar-refractivity contribution in [3.05, 3.63) is 0 Å². The minimum atomic E-state index is 0.0623. The minimum Gasteiger partial charge on any atom is -0.377 e. The van der Waals surface area contributed by atoms with Gasteiger partial charge in [-0.2, -0.15) is 0 Å². The van der Waals surface area contributed by atoms with Crippen LogP contribution in [0, 0.1) is 11.8 Å². The molecule has 1 aliphatic carbocycles. The molecular formula is C14H26N2O2. The zero-order valence-corrected chi connectivity index (χ0v) is 11.4. The zero-order chi connectivity index (χ0) is 13.0. The van der Waals surface area contributed by atoms with Crippen LogP contribution in [0.2, 0.25) is 0 Å². The van der Waals surface area contributed by atoms with Crippen molar-refractivity contribution in [1.29, 1.82) is 0 Å². The van der Waals surface area contributed by atoms with E-state index in [0.717, 1.165) is 38.8 Å². The fourth-order valence-electron chi connectivity index (χ4n) is 3.24. The Morgan fingerprint density at radius 2 is 2.22 bits per heavy atom. The first-order valence-electron chi connectivity index (χ1n) is 7.35. The van der Waals surface area contributed by atoms with E-state index in [1.807, 2.05) is 0 Å². The van der Waals surface area contributed by atoms with E-state index in [-0.39, 0.29) is 17.9 Å². The van der Waals surface area contributed by atoms with Crippen LogP contribution in [0.1, 0.15) is 45.4 Å². The van der Waals surface area contributed by atoms with Crippen molar-refractivity contribution < 1.29 is 9.53 Å². The molecule has 2 fully saturated rings. The van der Waals surface area contributed by atoms with E-state index in [1.54, 1.807) is 0 Å². The summed E-state index contributed by atoms with van der Waals surface area (Å²) in [4.78, 5) is 12.1. The second-order valence-corrected chi connectivity index (χ2v) is 5.75. The van der Waals surface area contributed by atoms with Crippen molar-refractivity contribution >= 4 is 5.91 Å². The summed E-state index contributed by atoms with van der Waals surface area (Å²) in [5.41, 5.74) is 5.96. The van der Waals surface area contributed by atoms with Gasteiger partial charge in [-0.3, -0.25) is 4.79 Å². The third-order valence-electron chi connectivity index (χ3n) is 4.34. The van der Waals surface area contributed by atoms with Gasteiger partial charge in [-0.25, -0.2) is 0 Å². The molecule has 4 nitrogen and oxygen atoms in total. The first-order chi connectivity index (χ1) is 8.70. The molecule has 1 saturated carbocycles. The molecule has 1 heterocycles. The van der Waals surface area contributed by atoms with Crippen molar-refractivity contribution in [3.63, 3.8) is 0 Å². The van der Waals surface area contributed by atoms with Crippen LogP contribution in [0.4, 0.5) is 0 Å². The van der Waals surface area contributed by atoms with Crippen LogP contribution in [0.25, 0.3) is 0 Å². The summed E-state index contributed by atoms with van der Waals surface area (Å²) in [6, 6.07) is 0.332. The molecule has 0 radical (unpaired) electrons. The fourth-order valence-corrected chi connectivity index (χ4v) is 3.24. The Hall–Kier alpha value is -0.610. The molecule has 3 N–H and O–H groups in total. The van der Waals surface area contributed by atoms with Gasteiger partial charge in [0.1, 0.15) is 0 Å². The van der Waals surface area contributed by atoms with Gasteiger partial charge in [0.05, 0.1) is 12.0 Å². The average Bonchev–Trinajstić information content (AvgIpc) is 2.84. The molecule has 0 aromatic heterocycles. The lowest BCUT2D eigenvalue weighted by Gasteiger charge is -2.27. The zero-order valence-electron chi connectivity index (χ0n) is 11.4. The Balaban J connectivity index is 1.74. The van der Waals surface area contributed by atoms with Crippen LogP contribution < -0.4 is 11.1 Å². The third kappa shape index (κ3) is 3.45. The number of hydrogen-bond donors (Lipinski definition) is 2. The third-order valence-corrected chi connectivity index (χ3v) is 4.34. The molecular weight excluding hydrogens is 228 g/mol. The first-order valence-corrected chi connectivity index (χ1v) is 7.35. The van der Waals surface area contributed by atoms with Gasteiger partial charge >= 0.3 is 0 Å². The summed E-state index contributed by atoms with van der Waals surface area (Å²) in [7, 11) is 0. The van der Waals surface area contributed by atoms with E-state index >= 15 is 0 Å². The van der Waals surface area contributed by atoms with Gasteiger partial charge in [-0.1, -0.05) is 13.3 Å². The summed E-state index contributed by atoms with van der Waals surface area (Å²) in [5.74, 6) is 0.811. The van der Waals surface area contributed by atoms with Gasteiger partial charge in [0.25, 0.3) is 0 Å². The molecule has 4 heteroatoms. The summed E-state index contributed by atoms with van der Waals surface area (Å²) < 4.78 is 5.56.